The minimum Gasteiger partial charge on any atom is -0.385 e. The van der Waals surface area contributed by atoms with Crippen molar-refractivity contribution < 1.29 is 41.7 Å². The molecule has 12 aromatic rings. The number of likely N-dealkylation sites (tertiary alicyclic amines) is 3. The highest BCUT2D eigenvalue weighted by molar-refractivity contribution is 5.85. The van der Waals surface area contributed by atoms with Crippen LogP contribution < -0.4 is 16.0 Å². The van der Waals surface area contributed by atoms with E-state index in [2.05, 4.69) is 111 Å². The Bertz CT molecular complexity index is 5030. The van der Waals surface area contributed by atoms with Gasteiger partial charge in [-0.25, -0.2) is 86.2 Å². The van der Waals surface area contributed by atoms with E-state index in [1.165, 1.54) is 18.2 Å². The first-order chi connectivity index (χ1) is 57.4. The summed E-state index contributed by atoms with van der Waals surface area (Å²) in [5.74, 6) is 0.680. The summed E-state index contributed by atoms with van der Waals surface area (Å²) >= 11 is 0. The molecule has 3 saturated heterocycles. The maximum atomic E-state index is 15.0. The van der Waals surface area contributed by atoms with E-state index in [1.807, 2.05) is 115 Å². The minimum absolute atomic E-state index is 0.0251. The van der Waals surface area contributed by atoms with Gasteiger partial charge in [0.15, 0.2) is 34.9 Å². The minimum atomic E-state index is -0.950. The molecule has 24 nitrogen and oxygen atoms in total. The molecule has 0 bridgehead atoms. The number of hydrogen-bond acceptors (Lipinski definition) is 21. The molecule has 0 saturated carbocycles. The van der Waals surface area contributed by atoms with Crippen molar-refractivity contribution in [2.75, 3.05) is 74.9 Å². The molecule has 12 heterocycles. The van der Waals surface area contributed by atoms with E-state index in [-0.39, 0.29) is 87.4 Å². The van der Waals surface area contributed by atoms with Gasteiger partial charge in [-0.05, 0) is 251 Å². The van der Waals surface area contributed by atoms with Crippen molar-refractivity contribution in [2.45, 2.75) is 197 Å². The number of hydrogen-bond donors (Lipinski definition) is 6. The van der Waals surface area contributed by atoms with Crippen molar-refractivity contribution in [1.82, 2.24) is 88.2 Å². The Kier molecular flexibility index (Phi) is 26.8. The average molecular weight is 1650 g/mol. The fourth-order valence-corrected chi connectivity index (χ4v) is 17.9. The number of pyridine rings is 3. The first kappa shape index (κ1) is 87.3. The van der Waals surface area contributed by atoms with Gasteiger partial charge < -0.3 is 59.7 Å². The third-order valence-electron chi connectivity index (χ3n) is 24.6. The molecule has 0 aliphatic carbocycles. The van der Waals surface area contributed by atoms with Crippen LogP contribution in [0.5, 0.6) is 0 Å². The van der Waals surface area contributed by atoms with Gasteiger partial charge in [-0.1, -0.05) is 59.7 Å². The van der Waals surface area contributed by atoms with Crippen LogP contribution in [-0.2, 0) is 16.8 Å². The molecule has 0 amide bonds. The first-order valence-electron chi connectivity index (χ1n) is 42.1. The largest absolute Gasteiger partial charge is 0.385 e. The first-order valence-corrected chi connectivity index (χ1v) is 42.1. The normalized spacial score (nSPS) is 16.5. The van der Waals surface area contributed by atoms with Gasteiger partial charge in [-0.3, -0.25) is 0 Å². The zero-order valence-corrected chi connectivity index (χ0v) is 71.2. The Morgan fingerprint density at radius 2 is 0.600 bits per heavy atom. The maximum Gasteiger partial charge on any atom is 0.229 e. The van der Waals surface area contributed by atoms with E-state index in [0.29, 0.717) is 87.4 Å². The summed E-state index contributed by atoms with van der Waals surface area (Å²) in [6.45, 7) is 38.9. The number of anilines is 6. The summed E-state index contributed by atoms with van der Waals surface area (Å²) < 4.78 is 95.5. The van der Waals surface area contributed by atoms with E-state index < -0.39 is 51.7 Å². The van der Waals surface area contributed by atoms with Crippen LogP contribution in [-0.4, -0.2) is 162 Å². The topological polar surface area (TPSA) is 276 Å². The Labute approximate surface area is 696 Å². The highest BCUT2D eigenvalue weighted by atomic mass is 19.1. The van der Waals surface area contributed by atoms with E-state index in [0.717, 1.165) is 133 Å². The summed E-state index contributed by atoms with van der Waals surface area (Å²) in [7, 11) is 0. The van der Waals surface area contributed by atoms with Crippen molar-refractivity contribution in [1.29, 1.82) is 0 Å². The van der Waals surface area contributed by atoms with Gasteiger partial charge in [-0.2, -0.15) is 0 Å². The number of rotatable bonds is 24. The van der Waals surface area contributed by atoms with Gasteiger partial charge in [0.1, 0.15) is 68.6 Å². The van der Waals surface area contributed by atoms with E-state index in [4.69, 9.17) is 0 Å². The van der Waals surface area contributed by atoms with Crippen LogP contribution in [0.25, 0.3) is 66.9 Å². The second-order valence-corrected chi connectivity index (χ2v) is 32.6. The predicted octanol–water partition coefficient (Wildman–Crippen LogP) is 18.4. The van der Waals surface area contributed by atoms with Crippen molar-refractivity contribution in [2.24, 2.45) is 17.8 Å². The molecule has 15 rings (SSSR count). The third kappa shape index (κ3) is 18.1. The molecular formula is C90H111F6N21O3. The average Bonchev–Trinajstić information content (AvgIpc) is 1.72. The highest BCUT2D eigenvalue weighted by Gasteiger charge is 2.42. The number of aromatic nitrogens is 15. The fraction of sp³-hybridized carbons (Fsp3) is 0.467. The number of piperidine rings is 3. The van der Waals surface area contributed by atoms with Gasteiger partial charge in [0.05, 0.1) is 51.9 Å². The molecule has 6 N–H and O–H groups in total. The zero-order chi connectivity index (χ0) is 85.8. The summed E-state index contributed by atoms with van der Waals surface area (Å²) in [6.07, 6.45) is 15.6. The van der Waals surface area contributed by atoms with Gasteiger partial charge in [0.25, 0.3) is 0 Å². The second-order valence-electron chi connectivity index (χ2n) is 32.6. The van der Waals surface area contributed by atoms with Crippen LogP contribution in [0.3, 0.4) is 0 Å². The molecule has 1 unspecified atom stereocenters. The van der Waals surface area contributed by atoms with Crippen molar-refractivity contribution in [3.8, 4) is 33.8 Å². The molecule has 3 aliphatic heterocycles. The molecule has 9 aromatic heterocycles. The molecule has 30 heteroatoms. The lowest BCUT2D eigenvalue weighted by Crippen LogP contribution is -2.43. The van der Waals surface area contributed by atoms with Crippen LogP contribution in [0.15, 0.2) is 110 Å². The lowest BCUT2D eigenvalue weighted by atomic mass is 9.75. The predicted molar refractivity (Wildman–Crippen MR) is 457 cm³/mol. The Morgan fingerprint density at radius 3 is 0.808 bits per heavy atom. The van der Waals surface area contributed by atoms with Crippen molar-refractivity contribution in [3.63, 3.8) is 0 Å². The van der Waals surface area contributed by atoms with Gasteiger partial charge in [0, 0.05) is 70.1 Å². The number of halogens is 6. The SMILES string of the molecule is CCN1CCC(C(O)(CC)c2ccc(Nc3ncc(F)c(-c4cc(F)c5nc(C)n(C(C)C)c5c4)n3)nc2)CC1.CCN1CCC([C@@](O)(CC)c2ccc(Nc3ncc(F)c(-c4cc(F)c5nc(C)n(C(C)C)c5c4)n3)nc2)CC1.CCN1CCC([C@](O)(CC)c2ccc(Nc3ncc(F)c(-c4cc(F)c5nc(C)n(C(C)C)c5c4)n3)nc2)CC1. The standard InChI is InChI=1S/3C30H37F2N7O/c3*1-6-30(40,21-10-12-38(7-2)13-11-21)22-8-9-26(33-16-22)36-29-34-17-24(32)27(37-29)20-14-23(31)28-25(15-20)39(18(3)4)19(5)35-28/h3*8-9,14-18,21,40H,6-7,10-13H2,1-5H3,(H,33,34,36,37)/t2*30-;/m10./s1. The quantitative estimate of drug-likeness (QED) is 0.0307. The summed E-state index contributed by atoms with van der Waals surface area (Å²) in [6, 6.07) is 19.9. The van der Waals surface area contributed by atoms with Crippen LogP contribution >= 0.6 is 0 Å². The summed E-state index contributed by atoms with van der Waals surface area (Å²) in [5.41, 5.74) is 2.75. The Morgan fingerprint density at radius 1 is 0.350 bits per heavy atom. The number of nitrogens with zero attached hydrogens (tertiary/aromatic N) is 18. The second kappa shape index (κ2) is 36.8. The number of aryl methyl sites for hydroxylation is 3. The summed E-state index contributed by atoms with van der Waals surface area (Å²) in [5, 5.41) is 43.9. The van der Waals surface area contributed by atoms with Gasteiger partial charge in [0.2, 0.25) is 17.8 Å². The van der Waals surface area contributed by atoms with E-state index in [9.17, 15) is 28.5 Å². The lowest BCUT2D eigenvalue weighted by molar-refractivity contribution is -0.0518. The monoisotopic (exact) mass is 1650 g/mol. The Hall–Kier alpha value is -10.5. The molecule has 3 aromatic carbocycles. The van der Waals surface area contributed by atoms with Gasteiger partial charge in [-0.15, -0.1) is 0 Å². The molecular weight excluding hydrogens is 1540 g/mol. The van der Waals surface area contributed by atoms with Crippen LogP contribution in [0.2, 0.25) is 0 Å². The lowest BCUT2D eigenvalue weighted by Gasteiger charge is -2.41. The molecule has 0 radical (unpaired) electrons. The summed E-state index contributed by atoms with van der Waals surface area (Å²) in [4.78, 5) is 59.0. The maximum absolute atomic E-state index is 15.0. The fourth-order valence-electron chi connectivity index (χ4n) is 17.9. The molecule has 0 spiro atoms. The molecule has 3 fully saturated rings. The number of fused-ring (bicyclic) bond motifs is 3. The van der Waals surface area contributed by atoms with Crippen LogP contribution in [0.1, 0.15) is 193 Å². The molecule has 636 valence electrons. The number of imidazole rings is 3. The van der Waals surface area contributed by atoms with E-state index >= 15 is 13.2 Å². The van der Waals surface area contributed by atoms with Crippen LogP contribution in [0.4, 0.5) is 61.6 Å². The van der Waals surface area contributed by atoms with Crippen molar-refractivity contribution in [3.05, 3.63) is 179 Å². The van der Waals surface area contributed by atoms with Crippen LogP contribution in [0, 0.1) is 73.4 Å². The molecule has 3 aliphatic rings. The van der Waals surface area contributed by atoms with Gasteiger partial charge >= 0.3 is 0 Å². The zero-order valence-electron chi connectivity index (χ0n) is 71.2. The highest BCUT2D eigenvalue weighted by Crippen LogP contribution is 2.44. The van der Waals surface area contributed by atoms with Crippen molar-refractivity contribution >= 4 is 68.4 Å². The molecule has 120 heavy (non-hydrogen) atoms. The van der Waals surface area contributed by atoms with E-state index in [1.54, 1.807) is 55.0 Å². The molecule has 3 atom stereocenters. The third-order valence-corrected chi connectivity index (χ3v) is 24.6. The number of nitrogens with one attached hydrogen (secondary N) is 3. The Balaban J connectivity index is 0.000000156. The number of aliphatic hydroxyl groups is 3. The number of benzene rings is 3. The smallest absolute Gasteiger partial charge is 0.229 e.